The van der Waals surface area contributed by atoms with E-state index in [1.54, 1.807) is 6.92 Å². The molecule has 0 aliphatic carbocycles. The molecule has 4 heteroatoms. The Bertz CT molecular complexity index is 477. The fraction of sp³-hybridized carbons (Fsp3) is 0.333. The first-order valence-electron chi connectivity index (χ1n) is 5.23. The van der Waals surface area contributed by atoms with Gasteiger partial charge in [-0.05, 0) is 26.0 Å². The fourth-order valence-electron chi connectivity index (χ4n) is 1.42. The number of hydrogen-bond acceptors (Lipinski definition) is 4. The molecular formula is C12H14N2O2. The van der Waals surface area contributed by atoms with Gasteiger partial charge >= 0.3 is 0 Å². The van der Waals surface area contributed by atoms with Crippen LogP contribution in [-0.4, -0.2) is 16.2 Å². The first-order chi connectivity index (χ1) is 7.66. The third-order valence-corrected chi connectivity index (χ3v) is 2.02. The van der Waals surface area contributed by atoms with Crippen LogP contribution in [0.2, 0.25) is 0 Å². The molecular weight excluding hydrogens is 204 g/mol. The van der Waals surface area contributed by atoms with Gasteiger partial charge in [0.2, 0.25) is 11.7 Å². The van der Waals surface area contributed by atoms with Crippen molar-refractivity contribution in [2.45, 2.75) is 26.9 Å². The lowest BCUT2D eigenvalue weighted by Crippen LogP contribution is -2.06. The topological polar surface area (TPSA) is 48.2 Å². The average Bonchev–Trinajstić information content (AvgIpc) is 2.65. The summed E-state index contributed by atoms with van der Waals surface area (Å²) in [5, 5.41) is 3.89. The number of para-hydroxylation sites is 1. The summed E-state index contributed by atoms with van der Waals surface area (Å²) in [7, 11) is 0. The maximum atomic E-state index is 5.69. The Kier molecular flexibility index (Phi) is 2.90. The first-order valence-corrected chi connectivity index (χ1v) is 5.23. The van der Waals surface area contributed by atoms with Crippen molar-refractivity contribution in [1.82, 2.24) is 10.1 Å². The van der Waals surface area contributed by atoms with E-state index in [4.69, 9.17) is 9.26 Å². The third kappa shape index (κ3) is 2.21. The summed E-state index contributed by atoms with van der Waals surface area (Å²) in [6, 6.07) is 7.67. The molecule has 0 atom stereocenters. The molecule has 84 valence electrons. The summed E-state index contributed by atoms with van der Waals surface area (Å²) in [4.78, 5) is 4.19. The molecule has 0 saturated carbocycles. The summed E-state index contributed by atoms with van der Waals surface area (Å²) in [6.07, 6.45) is 0.120. The Labute approximate surface area is 94.2 Å². The van der Waals surface area contributed by atoms with Crippen LogP contribution in [0.3, 0.4) is 0 Å². The second kappa shape index (κ2) is 4.35. The van der Waals surface area contributed by atoms with Crippen LogP contribution in [0.5, 0.6) is 5.75 Å². The Morgan fingerprint density at radius 2 is 2.00 bits per heavy atom. The van der Waals surface area contributed by atoms with Gasteiger partial charge in [0, 0.05) is 6.92 Å². The van der Waals surface area contributed by atoms with Crippen molar-refractivity contribution in [2.75, 3.05) is 0 Å². The Hall–Kier alpha value is -1.84. The van der Waals surface area contributed by atoms with Gasteiger partial charge in [-0.3, -0.25) is 0 Å². The molecule has 0 unspecified atom stereocenters. The molecule has 0 bridgehead atoms. The van der Waals surface area contributed by atoms with Crippen LogP contribution in [-0.2, 0) is 0 Å². The molecule has 4 nitrogen and oxygen atoms in total. The number of rotatable bonds is 3. The molecule has 0 saturated heterocycles. The highest BCUT2D eigenvalue weighted by Gasteiger charge is 2.12. The predicted octanol–water partition coefficient (Wildman–Crippen LogP) is 2.83. The molecule has 0 fully saturated rings. The minimum atomic E-state index is 0.120. The highest BCUT2D eigenvalue weighted by molar-refractivity contribution is 5.63. The van der Waals surface area contributed by atoms with Gasteiger partial charge in [-0.25, -0.2) is 0 Å². The van der Waals surface area contributed by atoms with Gasteiger partial charge in [0.15, 0.2) is 0 Å². The second-order valence-corrected chi connectivity index (χ2v) is 3.80. The molecule has 2 rings (SSSR count). The van der Waals surface area contributed by atoms with Crippen molar-refractivity contribution in [3.8, 4) is 17.1 Å². The summed E-state index contributed by atoms with van der Waals surface area (Å²) >= 11 is 0. The molecule has 0 radical (unpaired) electrons. The smallest absolute Gasteiger partial charge is 0.223 e. The van der Waals surface area contributed by atoms with Gasteiger partial charge in [0.1, 0.15) is 5.75 Å². The van der Waals surface area contributed by atoms with Crippen molar-refractivity contribution in [3.05, 3.63) is 30.2 Å². The Morgan fingerprint density at radius 3 is 2.62 bits per heavy atom. The van der Waals surface area contributed by atoms with Crippen molar-refractivity contribution >= 4 is 0 Å². The van der Waals surface area contributed by atoms with Crippen molar-refractivity contribution in [1.29, 1.82) is 0 Å². The van der Waals surface area contributed by atoms with Gasteiger partial charge in [-0.2, -0.15) is 4.98 Å². The highest BCUT2D eigenvalue weighted by Crippen LogP contribution is 2.28. The summed E-state index contributed by atoms with van der Waals surface area (Å²) in [5.74, 6) is 1.89. The van der Waals surface area contributed by atoms with E-state index in [1.807, 2.05) is 38.1 Å². The van der Waals surface area contributed by atoms with E-state index in [-0.39, 0.29) is 6.10 Å². The maximum Gasteiger partial charge on any atom is 0.223 e. The number of aryl methyl sites for hydroxylation is 1. The van der Waals surface area contributed by atoms with E-state index in [0.29, 0.717) is 11.7 Å². The highest BCUT2D eigenvalue weighted by atomic mass is 16.5. The quantitative estimate of drug-likeness (QED) is 0.794. The van der Waals surface area contributed by atoms with Gasteiger partial charge in [0.05, 0.1) is 11.7 Å². The Morgan fingerprint density at radius 1 is 1.25 bits per heavy atom. The molecule has 1 aromatic carbocycles. The summed E-state index contributed by atoms with van der Waals surface area (Å²) in [5.41, 5.74) is 0.855. The van der Waals surface area contributed by atoms with Crippen LogP contribution in [0, 0.1) is 6.92 Å². The van der Waals surface area contributed by atoms with E-state index in [2.05, 4.69) is 10.1 Å². The first kappa shape index (κ1) is 10.7. The molecule has 16 heavy (non-hydrogen) atoms. The van der Waals surface area contributed by atoms with Crippen LogP contribution in [0.25, 0.3) is 11.4 Å². The van der Waals surface area contributed by atoms with Crippen molar-refractivity contribution < 1.29 is 9.26 Å². The zero-order valence-corrected chi connectivity index (χ0v) is 9.60. The monoisotopic (exact) mass is 218 g/mol. The molecule has 2 aromatic rings. The third-order valence-electron chi connectivity index (χ3n) is 2.02. The normalized spacial score (nSPS) is 10.8. The number of nitrogens with zero attached hydrogens (tertiary/aromatic N) is 2. The van der Waals surface area contributed by atoms with Gasteiger partial charge in [-0.15, -0.1) is 0 Å². The van der Waals surface area contributed by atoms with Crippen LogP contribution in [0.1, 0.15) is 19.7 Å². The number of ether oxygens (including phenoxy) is 1. The van der Waals surface area contributed by atoms with Gasteiger partial charge < -0.3 is 9.26 Å². The molecule has 1 aromatic heterocycles. The van der Waals surface area contributed by atoms with Gasteiger partial charge in [0.25, 0.3) is 0 Å². The molecule has 0 aliphatic heterocycles. The van der Waals surface area contributed by atoms with E-state index >= 15 is 0 Å². The molecule has 0 N–H and O–H groups in total. The van der Waals surface area contributed by atoms with E-state index in [0.717, 1.165) is 11.3 Å². The van der Waals surface area contributed by atoms with Crippen LogP contribution in [0.4, 0.5) is 0 Å². The lowest BCUT2D eigenvalue weighted by Gasteiger charge is -2.11. The molecule has 0 spiro atoms. The van der Waals surface area contributed by atoms with Crippen LogP contribution < -0.4 is 4.74 Å². The maximum absolute atomic E-state index is 5.69. The number of aromatic nitrogens is 2. The zero-order valence-electron chi connectivity index (χ0n) is 9.60. The lowest BCUT2D eigenvalue weighted by atomic mass is 10.2. The van der Waals surface area contributed by atoms with E-state index in [9.17, 15) is 0 Å². The number of benzene rings is 1. The Balaban J connectivity index is 2.40. The number of hydrogen-bond donors (Lipinski definition) is 0. The summed E-state index contributed by atoms with van der Waals surface area (Å²) in [6.45, 7) is 5.74. The van der Waals surface area contributed by atoms with E-state index < -0.39 is 0 Å². The van der Waals surface area contributed by atoms with Gasteiger partial charge in [-0.1, -0.05) is 17.3 Å². The minimum absolute atomic E-state index is 0.120. The SMILES string of the molecule is Cc1nc(-c2ccccc2OC(C)C)no1. The van der Waals surface area contributed by atoms with Crippen LogP contribution in [0.15, 0.2) is 28.8 Å². The van der Waals surface area contributed by atoms with Crippen molar-refractivity contribution in [3.63, 3.8) is 0 Å². The fourth-order valence-corrected chi connectivity index (χ4v) is 1.42. The molecule has 0 aliphatic rings. The van der Waals surface area contributed by atoms with Crippen molar-refractivity contribution in [2.24, 2.45) is 0 Å². The largest absolute Gasteiger partial charge is 0.490 e. The zero-order chi connectivity index (χ0) is 11.5. The standard InChI is InChI=1S/C12H14N2O2/c1-8(2)15-11-7-5-4-6-10(11)12-13-9(3)16-14-12/h4-8H,1-3H3. The minimum Gasteiger partial charge on any atom is -0.490 e. The molecule has 0 amide bonds. The lowest BCUT2D eigenvalue weighted by molar-refractivity contribution is 0.243. The summed E-state index contributed by atoms with van der Waals surface area (Å²) < 4.78 is 10.6. The predicted molar refractivity (Wildman–Crippen MR) is 60.2 cm³/mol. The molecule has 1 heterocycles. The van der Waals surface area contributed by atoms with E-state index in [1.165, 1.54) is 0 Å². The average molecular weight is 218 g/mol. The van der Waals surface area contributed by atoms with Crippen LogP contribution >= 0.6 is 0 Å². The second-order valence-electron chi connectivity index (χ2n) is 3.80.